The van der Waals surface area contributed by atoms with Crippen molar-refractivity contribution < 1.29 is 19.2 Å². The number of amides is 4. The van der Waals surface area contributed by atoms with Gasteiger partial charge in [-0.1, -0.05) is 12.1 Å². The van der Waals surface area contributed by atoms with Gasteiger partial charge in [0.2, 0.25) is 0 Å². The summed E-state index contributed by atoms with van der Waals surface area (Å²) in [5.74, 6) is -1.51. The van der Waals surface area contributed by atoms with Gasteiger partial charge in [-0.15, -0.1) is 0 Å². The van der Waals surface area contributed by atoms with Crippen molar-refractivity contribution in [2.45, 2.75) is 0 Å². The molecule has 0 fully saturated rings. The molecular formula is C17H10N2O4. The summed E-state index contributed by atoms with van der Waals surface area (Å²) < 4.78 is 0. The first kappa shape index (κ1) is 13.4. The van der Waals surface area contributed by atoms with E-state index in [1.807, 2.05) is 0 Å². The average molecular weight is 306 g/mol. The molecule has 2 heterocycles. The summed E-state index contributed by atoms with van der Waals surface area (Å²) in [6.45, 7) is 0. The van der Waals surface area contributed by atoms with Crippen LogP contribution < -0.4 is 5.32 Å². The van der Waals surface area contributed by atoms with Gasteiger partial charge in [0.05, 0.1) is 22.3 Å². The number of nitrogens with zero attached hydrogens (tertiary/aromatic N) is 1. The molecule has 23 heavy (non-hydrogen) atoms. The second kappa shape index (κ2) is 4.36. The average Bonchev–Trinajstić information content (AvgIpc) is 2.96. The van der Waals surface area contributed by atoms with Gasteiger partial charge >= 0.3 is 0 Å². The van der Waals surface area contributed by atoms with E-state index >= 15 is 0 Å². The van der Waals surface area contributed by atoms with Crippen LogP contribution in [0.4, 0.5) is 0 Å². The number of hydrogen-bond acceptors (Lipinski definition) is 4. The summed E-state index contributed by atoms with van der Waals surface area (Å²) in [7, 11) is 1.44. The topological polar surface area (TPSA) is 83.6 Å². The standard InChI is InChI=1S/C17H10N2O4/c1-19-16(22)11-5-3-9(7-13(11)17(19)23)8-2-4-10-12(6-8)15(21)18-14(10)20/h2-7H,1H3,(H,18,20,21). The molecule has 0 aliphatic carbocycles. The van der Waals surface area contributed by atoms with Crippen LogP contribution in [-0.2, 0) is 0 Å². The predicted molar refractivity (Wildman–Crippen MR) is 80.1 cm³/mol. The van der Waals surface area contributed by atoms with Gasteiger partial charge in [-0.05, 0) is 35.4 Å². The van der Waals surface area contributed by atoms with Gasteiger partial charge in [0.1, 0.15) is 0 Å². The van der Waals surface area contributed by atoms with Gasteiger partial charge < -0.3 is 0 Å². The molecule has 2 aliphatic heterocycles. The summed E-state index contributed by atoms with van der Waals surface area (Å²) >= 11 is 0. The molecule has 0 saturated carbocycles. The van der Waals surface area contributed by atoms with E-state index in [-0.39, 0.29) is 11.8 Å². The fraction of sp³-hybridized carbons (Fsp3) is 0.0588. The number of carbonyl (C=O) groups is 4. The van der Waals surface area contributed by atoms with Gasteiger partial charge in [-0.25, -0.2) is 0 Å². The van der Waals surface area contributed by atoms with Crippen LogP contribution in [-0.4, -0.2) is 35.6 Å². The van der Waals surface area contributed by atoms with Gasteiger partial charge in [-0.3, -0.25) is 29.4 Å². The zero-order valence-electron chi connectivity index (χ0n) is 12.0. The van der Waals surface area contributed by atoms with Crippen LogP contribution in [0.1, 0.15) is 41.4 Å². The highest BCUT2D eigenvalue weighted by molar-refractivity contribution is 6.22. The van der Waals surface area contributed by atoms with Crippen LogP contribution >= 0.6 is 0 Å². The summed E-state index contributed by atoms with van der Waals surface area (Å²) in [5.41, 5.74) is 2.77. The van der Waals surface area contributed by atoms with Crippen molar-refractivity contribution in [3.8, 4) is 11.1 Å². The first-order valence-corrected chi connectivity index (χ1v) is 6.94. The van der Waals surface area contributed by atoms with Crippen LogP contribution in [0.25, 0.3) is 11.1 Å². The molecule has 1 N–H and O–H groups in total. The molecule has 2 aliphatic rings. The minimum Gasteiger partial charge on any atom is -0.288 e. The SMILES string of the molecule is CN1C(=O)c2ccc(-c3ccc4c(c3)C(=O)NC4=O)cc2C1=O. The number of carbonyl (C=O) groups excluding carboxylic acids is 4. The maximum Gasteiger partial charge on any atom is 0.261 e. The Kier molecular flexibility index (Phi) is 2.54. The smallest absolute Gasteiger partial charge is 0.261 e. The van der Waals surface area contributed by atoms with Crippen molar-refractivity contribution in [2.75, 3.05) is 7.05 Å². The van der Waals surface area contributed by atoms with Gasteiger partial charge in [0, 0.05) is 7.05 Å². The van der Waals surface area contributed by atoms with E-state index in [2.05, 4.69) is 5.32 Å². The first-order chi connectivity index (χ1) is 11.0. The Hall–Kier alpha value is -3.28. The highest BCUT2D eigenvalue weighted by atomic mass is 16.2. The number of rotatable bonds is 1. The number of nitrogens with one attached hydrogen (secondary N) is 1. The maximum atomic E-state index is 12.1. The van der Waals surface area contributed by atoms with Crippen molar-refractivity contribution in [3.05, 3.63) is 58.7 Å². The third kappa shape index (κ3) is 1.75. The third-order valence-electron chi connectivity index (χ3n) is 4.16. The lowest BCUT2D eigenvalue weighted by Crippen LogP contribution is -2.24. The Morgan fingerprint density at radius 3 is 1.91 bits per heavy atom. The van der Waals surface area contributed by atoms with Crippen molar-refractivity contribution in [1.29, 1.82) is 0 Å². The molecule has 112 valence electrons. The lowest BCUT2D eigenvalue weighted by molar-refractivity contribution is 0.0692. The highest BCUT2D eigenvalue weighted by Gasteiger charge is 2.33. The maximum absolute atomic E-state index is 12.1. The zero-order chi connectivity index (χ0) is 16.3. The number of benzene rings is 2. The molecule has 4 amide bonds. The predicted octanol–water partition coefficient (Wildman–Crippen LogP) is 1.46. The molecule has 2 aromatic rings. The Labute approximate surface area is 130 Å². The Morgan fingerprint density at radius 2 is 1.22 bits per heavy atom. The van der Waals surface area contributed by atoms with E-state index in [4.69, 9.17) is 0 Å². The van der Waals surface area contributed by atoms with Crippen molar-refractivity contribution in [3.63, 3.8) is 0 Å². The third-order valence-corrected chi connectivity index (χ3v) is 4.16. The van der Waals surface area contributed by atoms with Crippen LogP contribution in [0.15, 0.2) is 36.4 Å². The normalized spacial score (nSPS) is 15.8. The van der Waals surface area contributed by atoms with Crippen LogP contribution in [0.5, 0.6) is 0 Å². The van der Waals surface area contributed by atoms with E-state index in [0.29, 0.717) is 33.4 Å². The minimum absolute atomic E-state index is 0.313. The van der Waals surface area contributed by atoms with Crippen molar-refractivity contribution in [2.24, 2.45) is 0 Å². The van der Waals surface area contributed by atoms with Gasteiger partial charge in [0.25, 0.3) is 23.6 Å². The van der Waals surface area contributed by atoms with Gasteiger partial charge in [0.15, 0.2) is 0 Å². The van der Waals surface area contributed by atoms with E-state index in [1.54, 1.807) is 36.4 Å². The second-order valence-corrected chi connectivity index (χ2v) is 5.47. The van der Waals surface area contributed by atoms with E-state index < -0.39 is 11.8 Å². The van der Waals surface area contributed by atoms with Crippen LogP contribution in [0.3, 0.4) is 0 Å². The molecule has 0 unspecified atom stereocenters. The zero-order valence-corrected chi connectivity index (χ0v) is 12.0. The summed E-state index contributed by atoms with van der Waals surface area (Å²) in [4.78, 5) is 48.4. The van der Waals surface area contributed by atoms with E-state index in [9.17, 15) is 19.2 Å². The quantitative estimate of drug-likeness (QED) is 0.809. The lowest BCUT2D eigenvalue weighted by atomic mass is 9.97. The van der Waals surface area contributed by atoms with Gasteiger partial charge in [-0.2, -0.15) is 0 Å². The monoisotopic (exact) mass is 306 g/mol. The molecule has 4 rings (SSSR count). The number of hydrogen-bond donors (Lipinski definition) is 1. The molecule has 0 saturated heterocycles. The molecule has 0 atom stereocenters. The largest absolute Gasteiger partial charge is 0.288 e. The van der Waals surface area contributed by atoms with E-state index in [0.717, 1.165) is 4.90 Å². The Morgan fingerprint density at radius 1 is 0.696 bits per heavy atom. The fourth-order valence-corrected chi connectivity index (χ4v) is 2.89. The van der Waals surface area contributed by atoms with Crippen molar-refractivity contribution in [1.82, 2.24) is 10.2 Å². The molecule has 6 heteroatoms. The molecular weight excluding hydrogens is 296 g/mol. The molecule has 0 spiro atoms. The summed E-state index contributed by atoms with van der Waals surface area (Å²) in [5, 5.41) is 2.24. The van der Waals surface area contributed by atoms with Crippen LogP contribution in [0, 0.1) is 0 Å². The molecule has 6 nitrogen and oxygen atoms in total. The first-order valence-electron chi connectivity index (χ1n) is 6.94. The Bertz CT molecular complexity index is 946. The summed E-state index contributed by atoms with van der Waals surface area (Å²) in [6.07, 6.45) is 0. The fourth-order valence-electron chi connectivity index (χ4n) is 2.89. The Balaban J connectivity index is 1.84. The molecule has 0 radical (unpaired) electrons. The number of fused-ring (bicyclic) bond motifs is 2. The second-order valence-electron chi connectivity index (χ2n) is 5.47. The number of imide groups is 2. The molecule has 0 aromatic heterocycles. The van der Waals surface area contributed by atoms with E-state index in [1.165, 1.54) is 7.05 Å². The van der Waals surface area contributed by atoms with Crippen LogP contribution in [0.2, 0.25) is 0 Å². The molecule has 2 aromatic carbocycles. The highest BCUT2D eigenvalue weighted by Crippen LogP contribution is 2.30. The van der Waals surface area contributed by atoms with Crippen molar-refractivity contribution >= 4 is 23.6 Å². The summed E-state index contributed by atoms with van der Waals surface area (Å²) in [6, 6.07) is 9.87. The lowest BCUT2D eigenvalue weighted by Gasteiger charge is -2.05. The minimum atomic E-state index is -0.431. The molecule has 0 bridgehead atoms.